The van der Waals surface area contributed by atoms with Crippen LogP contribution in [0.4, 0.5) is 5.69 Å². The van der Waals surface area contributed by atoms with Crippen molar-refractivity contribution in [1.82, 2.24) is 5.43 Å². The first-order valence-electron chi connectivity index (χ1n) is 6.59. The maximum atomic E-state index is 13.1. The molecule has 0 aromatic heterocycles. The third kappa shape index (κ3) is 4.49. The number of hydrogen-bond donors (Lipinski definition) is 2. The van der Waals surface area contributed by atoms with Crippen molar-refractivity contribution in [2.75, 3.05) is 10.8 Å². The third-order valence-corrected chi connectivity index (χ3v) is 6.12. The smallest absolute Gasteiger partial charge is 0.266 e. The summed E-state index contributed by atoms with van der Waals surface area (Å²) in [6.07, 6.45) is 0. The molecule has 0 unspecified atom stereocenters. The summed E-state index contributed by atoms with van der Waals surface area (Å²) in [5.74, 6) is 4.31. The van der Waals surface area contributed by atoms with Crippen LogP contribution in [-0.2, 0) is 14.8 Å². The van der Waals surface area contributed by atoms with E-state index in [4.69, 9.17) is 52.2 Å². The van der Waals surface area contributed by atoms with Crippen LogP contribution in [0.1, 0.15) is 0 Å². The number of anilines is 1. The molecular weight excluding hydrogens is 432 g/mol. The Kier molecular flexibility index (Phi) is 6.42. The van der Waals surface area contributed by atoms with Gasteiger partial charge in [0.15, 0.2) is 0 Å². The number of nitrogens with two attached hydrogens (primary N) is 1. The highest BCUT2D eigenvalue weighted by Gasteiger charge is 2.30. The van der Waals surface area contributed by atoms with E-state index < -0.39 is 22.5 Å². The van der Waals surface area contributed by atoms with Crippen molar-refractivity contribution in [2.45, 2.75) is 4.90 Å². The Hall–Kier alpha value is -1.22. The molecule has 6 nitrogen and oxygen atoms in total. The number of carbonyl (C=O) groups is 1. The van der Waals surface area contributed by atoms with Crippen molar-refractivity contribution < 1.29 is 13.2 Å². The third-order valence-electron chi connectivity index (χ3n) is 3.09. The number of benzene rings is 2. The molecule has 2 aromatic carbocycles. The van der Waals surface area contributed by atoms with Gasteiger partial charge in [-0.25, -0.2) is 14.3 Å². The van der Waals surface area contributed by atoms with E-state index in [-0.39, 0.29) is 30.7 Å². The minimum atomic E-state index is -4.29. The van der Waals surface area contributed by atoms with Crippen LogP contribution < -0.4 is 15.6 Å². The molecule has 2 aromatic rings. The Morgan fingerprint density at radius 1 is 1.00 bits per heavy atom. The molecule has 25 heavy (non-hydrogen) atoms. The molecule has 0 atom stereocenters. The summed E-state index contributed by atoms with van der Waals surface area (Å²) in [6.45, 7) is -0.637. The number of nitrogens with one attached hydrogen (secondary N) is 1. The summed E-state index contributed by atoms with van der Waals surface area (Å²) in [4.78, 5) is 11.5. The van der Waals surface area contributed by atoms with E-state index in [1.165, 1.54) is 36.4 Å². The van der Waals surface area contributed by atoms with Gasteiger partial charge in [0, 0.05) is 10.0 Å². The highest BCUT2D eigenvalue weighted by molar-refractivity contribution is 7.93. The second-order valence-corrected chi connectivity index (χ2v) is 8.27. The molecule has 134 valence electrons. The zero-order valence-electron chi connectivity index (χ0n) is 12.3. The normalized spacial score (nSPS) is 11.2. The zero-order chi connectivity index (χ0) is 18.8. The lowest BCUT2D eigenvalue weighted by atomic mass is 10.3. The number of rotatable bonds is 5. The molecule has 0 radical (unpaired) electrons. The number of amides is 1. The average molecular weight is 443 g/mol. The van der Waals surface area contributed by atoms with Gasteiger partial charge in [-0.2, -0.15) is 0 Å². The fourth-order valence-corrected chi connectivity index (χ4v) is 4.55. The van der Waals surface area contributed by atoms with E-state index in [0.717, 1.165) is 4.31 Å². The van der Waals surface area contributed by atoms with Gasteiger partial charge < -0.3 is 0 Å². The molecule has 11 heteroatoms. The molecule has 1 amide bonds. The van der Waals surface area contributed by atoms with Gasteiger partial charge in [0.05, 0.1) is 15.7 Å². The van der Waals surface area contributed by atoms with Crippen LogP contribution in [0.25, 0.3) is 0 Å². The molecule has 0 aliphatic rings. The predicted molar refractivity (Wildman–Crippen MR) is 99.8 cm³/mol. The van der Waals surface area contributed by atoms with E-state index >= 15 is 0 Å². The van der Waals surface area contributed by atoms with Crippen molar-refractivity contribution in [3.8, 4) is 0 Å². The van der Waals surface area contributed by atoms with Crippen molar-refractivity contribution in [2.24, 2.45) is 5.84 Å². The highest BCUT2D eigenvalue weighted by atomic mass is 35.5. The van der Waals surface area contributed by atoms with E-state index in [2.05, 4.69) is 0 Å². The minimum Gasteiger partial charge on any atom is -0.293 e. The van der Waals surface area contributed by atoms with Gasteiger partial charge in [0.2, 0.25) is 0 Å². The van der Waals surface area contributed by atoms with Gasteiger partial charge in [-0.05, 0) is 36.4 Å². The quantitative estimate of drug-likeness (QED) is 0.421. The van der Waals surface area contributed by atoms with Gasteiger partial charge in [0.1, 0.15) is 11.4 Å². The first-order valence-corrected chi connectivity index (χ1v) is 9.54. The summed E-state index contributed by atoms with van der Waals surface area (Å²) in [7, 11) is -4.29. The van der Waals surface area contributed by atoms with Crippen LogP contribution in [0.5, 0.6) is 0 Å². The minimum absolute atomic E-state index is 0.00573. The lowest BCUT2D eigenvalue weighted by Crippen LogP contribution is -2.43. The van der Waals surface area contributed by atoms with Crippen LogP contribution in [0.15, 0.2) is 41.3 Å². The van der Waals surface area contributed by atoms with Crippen LogP contribution in [-0.4, -0.2) is 20.9 Å². The average Bonchev–Trinajstić information content (AvgIpc) is 2.56. The largest absolute Gasteiger partial charge is 0.293 e. The summed E-state index contributed by atoms with van der Waals surface area (Å²) in [5.41, 5.74) is 1.86. The Bertz CT molecular complexity index is 922. The second-order valence-electron chi connectivity index (χ2n) is 4.75. The number of carbonyl (C=O) groups excluding carboxylic acids is 1. The summed E-state index contributed by atoms with van der Waals surface area (Å²) < 4.78 is 26.9. The van der Waals surface area contributed by atoms with Crippen molar-refractivity contribution in [3.63, 3.8) is 0 Å². The van der Waals surface area contributed by atoms with Gasteiger partial charge in [0.25, 0.3) is 15.9 Å². The molecule has 0 saturated carbocycles. The lowest BCUT2D eigenvalue weighted by Gasteiger charge is -2.25. The van der Waals surface area contributed by atoms with E-state index in [9.17, 15) is 13.2 Å². The molecule has 0 heterocycles. The summed E-state index contributed by atoms with van der Waals surface area (Å²) in [5, 5.41) is 0.380. The molecular formula is C14H11Cl4N3O3S. The maximum absolute atomic E-state index is 13.1. The van der Waals surface area contributed by atoms with Gasteiger partial charge >= 0.3 is 0 Å². The van der Waals surface area contributed by atoms with Crippen LogP contribution in [0.2, 0.25) is 20.1 Å². The Morgan fingerprint density at radius 2 is 1.56 bits per heavy atom. The zero-order valence-corrected chi connectivity index (χ0v) is 16.2. The number of nitrogens with zero attached hydrogens (tertiary/aromatic N) is 1. The molecule has 2 rings (SSSR count). The number of hydrogen-bond acceptors (Lipinski definition) is 4. The monoisotopic (exact) mass is 441 g/mol. The summed E-state index contributed by atoms with van der Waals surface area (Å²) in [6, 6.07) is 8.13. The van der Waals surface area contributed by atoms with Crippen LogP contribution >= 0.6 is 46.4 Å². The van der Waals surface area contributed by atoms with E-state index in [0.29, 0.717) is 0 Å². The van der Waals surface area contributed by atoms with Crippen LogP contribution in [0, 0.1) is 0 Å². The first kappa shape index (κ1) is 20.1. The van der Waals surface area contributed by atoms with E-state index in [1.54, 1.807) is 0 Å². The standard InChI is InChI=1S/C14H11Cl4N3O3S/c15-8-1-3-10(17)12(5-8)21(7-14(22)20-19)25(23,24)13-6-9(16)2-4-11(13)18/h1-6H,7,19H2,(H,20,22). The number of halogens is 4. The molecule has 0 fully saturated rings. The lowest BCUT2D eigenvalue weighted by molar-refractivity contribution is -0.119. The van der Waals surface area contributed by atoms with Crippen molar-refractivity contribution in [1.29, 1.82) is 0 Å². The number of sulfonamides is 1. The van der Waals surface area contributed by atoms with Crippen molar-refractivity contribution >= 4 is 68.0 Å². The predicted octanol–water partition coefficient (Wildman–Crippen LogP) is 3.49. The highest BCUT2D eigenvalue weighted by Crippen LogP contribution is 2.35. The Morgan fingerprint density at radius 3 is 2.16 bits per heavy atom. The fourth-order valence-electron chi connectivity index (χ4n) is 1.95. The molecule has 0 aliphatic carbocycles. The van der Waals surface area contributed by atoms with Gasteiger partial charge in [-0.3, -0.25) is 14.5 Å². The Labute approximate surface area is 164 Å². The first-order chi connectivity index (χ1) is 11.7. The topological polar surface area (TPSA) is 92.5 Å². The SMILES string of the molecule is NNC(=O)CN(c1cc(Cl)ccc1Cl)S(=O)(=O)c1cc(Cl)ccc1Cl. The van der Waals surface area contributed by atoms with Gasteiger partial charge in [-0.15, -0.1) is 0 Å². The second kappa shape index (κ2) is 7.99. The Balaban J connectivity index is 2.68. The van der Waals surface area contributed by atoms with E-state index in [1.807, 2.05) is 5.43 Å². The summed E-state index contributed by atoms with van der Waals surface area (Å²) >= 11 is 23.9. The van der Waals surface area contributed by atoms with Crippen molar-refractivity contribution in [3.05, 3.63) is 56.5 Å². The maximum Gasteiger partial charge on any atom is 0.266 e. The van der Waals surface area contributed by atoms with Crippen LogP contribution in [0.3, 0.4) is 0 Å². The molecule has 0 spiro atoms. The molecule has 0 bridgehead atoms. The molecule has 0 saturated heterocycles. The molecule has 0 aliphatic heterocycles. The van der Waals surface area contributed by atoms with Gasteiger partial charge in [-0.1, -0.05) is 46.4 Å². The molecule has 3 N–H and O–H groups in total. The fraction of sp³-hybridized carbons (Fsp3) is 0.0714. The number of hydrazine groups is 1.